The summed E-state index contributed by atoms with van der Waals surface area (Å²) in [6, 6.07) is 12.4. The first-order valence-electron chi connectivity index (χ1n) is 8.80. The molecule has 1 saturated heterocycles. The summed E-state index contributed by atoms with van der Waals surface area (Å²) < 4.78 is 7.13. The zero-order valence-corrected chi connectivity index (χ0v) is 14.9. The Balaban J connectivity index is 1.61. The van der Waals surface area contributed by atoms with Crippen LogP contribution >= 0.6 is 0 Å². The Morgan fingerprint density at radius 2 is 2.12 bits per heavy atom. The molecule has 1 aromatic carbocycles. The Hall–Kier alpha value is -2.60. The number of pyridine rings is 1. The molecule has 2 aromatic rings. The van der Waals surface area contributed by atoms with Gasteiger partial charge in [-0.3, -0.25) is 9.59 Å². The van der Waals surface area contributed by atoms with Gasteiger partial charge in [0.25, 0.3) is 5.56 Å². The number of hydrogen-bond acceptors (Lipinski definition) is 4. The largest absolute Gasteiger partial charge is 0.491 e. The molecule has 1 amide bonds. The zero-order chi connectivity index (χ0) is 18.6. The van der Waals surface area contributed by atoms with Gasteiger partial charge >= 0.3 is 0 Å². The number of carbonyl (C=O) groups is 1. The fourth-order valence-electron chi connectivity index (χ4n) is 3.20. The first-order valence-corrected chi connectivity index (χ1v) is 8.80. The van der Waals surface area contributed by atoms with Crippen molar-refractivity contribution < 1.29 is 14.6 Å². The molecule has 0 aliphatic carbocycles. The number of hydrogen-bond donors (Lipinski definition) is 1. The number of rotatable bonds is 5. The Bertz CT molecular complexity index is 832. The Morgan fingerprint density at radius 3 is 2.88 bits per heavy atom. The van der Waals surface area contributed by atoms with E-state index in [0.29, 0.717) is 25.1 Å². The lowest BCUT2D eigenvalue weighted by molar-refractivity contribution is -0.140. The van der Waals surface area contributed by atoms with Gasteiger partial charge in [0.2, 0.25) is 5.91 Å². The molecule has 3 rings (SSSR count). The van der Waals surface area contributed by atoms with Gasteiger partial charge in [0.05, 0.1) is 6.54 Å². The van der Waals surface area contributed by atoms with Crippen molar-refractivity contribution in [1.29, 1.82) is 0 Å². The average Bonchev–Trinajstić information content (AvgIpc) is 2.62. The van der Waals surface area contributed by atoms with E-state index in [9.17, 15) is 14.7 Å². The highest BCUT2D eigenvalue weighted by Gasteiger charge is 2.36. The minimum Gasteiger partial charge on any atom is -0.491 e. The van der Waals surface area contributed by atoms with E-state index in [4.69, 9.17) is 4.74 Å². The molecule has 0 radical (unpaired) electrons. The summed E-state index contributed by atoms with van der Waals surface area (Å²) in [5, 5.41) is 10.9. The number of aliphatic hydroxyl groups is 1. The molecular weight excluding hydrogens is 332 g/mol. The van der Waals surface area contributed by atoms with Crippen LogP contribution in [0.1, 0.15) is 18.4 Å². The van der Waals surface area contributed by atoms with Crippen LogP contribution in [0.25, 0.3) is 0 Å². The smallest absolute Gasteiger partial charge is 0.250 e. The lowest BCUT2D eigenvalue weighted by Crippen LogP contribution is -2.54. The second kappa shape index (κ2) is 7.74. The Kier molecular flexibility index (Phi) is 5.42. The van der Waals surface area contributed by atoms with Crippen LogP contribution in [0.3, 0.4) is 0 Å². The van der Waals surface area contributed by atoms with E-state index in [1.165, 1.54) is 10.6 Å². The molecule has 0 spiro atoms. The van der Waals surface area contributed by atoms with E-state index in [0.717, 1.165) is 5.56 Å². The number of benzene rings is 1. The van der Waals surface area contributed by atoms with Crippen molar-refractivity contribution in [1.82, 2.24) is 9.47 Å². The van der Waals surface area contributed by atoms with Gasteiger partial charge in [-0.1, -0.05) is 18.2 Å². The van der Waals surface area contributed by atoms with E-state index < -0.39 is 5.60 Å². The van der Waals surface area contributed by atoms with Crippen molar-refractivity contribution in [2.75, 3.05) is 19.7 Å². The van der Waals surface area contributed by atoms with Crippen LogP contribution in [-0.2, 0) is 11.3 Å². The summed E-state index contributed by atoms with van der Waals surface area (Å²) in [4.78, 5) is 25.9. The van der Waals surface area contributed by atoms with Crippen LogP contribution in [0.4, 0.5) is 0 Å². The Labute approximate surface area is 152 Å². The first kappa shape index (κ1) is 18.2. The minimum atomic E-state index is -1.08. The SMILES string of the molecule is Cc1cccc(OC[C@@]2(O)CCCN(C(=O)Cn3ccccc3=O)C2)c1. The molecule has 1 fully saturated rings. The van der Waals surface area contributed by atoms with Crippen molar-refractivity contribution in [3.8, 4) is 5.75 Å². The molecule has 26 heavy (non-hydrogen) atoms. The van der Waals surface area contributed by atoms with E-state index in [2.05, 4.69) is 0 Å². The molecule has 1 N–H and O–H groups in total. The van der Waals surface area contributed by atoms with Crippen molar-refractivity contribution in [3.63, 3.8) is 0 Å². The number of ether oxygens (including phenoxy) is 1. The topological polar surface area (TPSA) is 71.8 Å². The zero-order valence-electron chi connectivity index (χ0n) is 14.9. The van der Waals surface area contributed by atoms with Gasteiger partial charge in [-0.2, -0.15) is 0 Å². The van der Waals surface area contributed by atoms with Gasteiger partial charge in [-0.05, 0) is 43.5 Å². The third-order valence-electron chi connectivity index (χ3n) is 4.61. The molecule has 1 aromatic heterocycles. The van der Waals surface area contributed by atoms with Gasteiger partial charge in [0, 0.05) is 18.8 Å². The lowest BCUT2D eigenvalue weighted by Gasteiger charge is -2.39. The molecule has 2 heterocycles. The molecule has 0 saturated carbocycles. The van der Waals surface area contributed by atoms with Crippen LogP contribution in [0.5, 0.6) is 5.75 Å². The summed E-state index contributed by atoms with van der Waals surface area (Å²) >= 11 is 0. The van der Waals surface area contributed by atoms with Gasteiger partial charge in [-0.15, -0.1) is 0 Å². The number of β-amino-alcohol motifs (C(OH)–C–C–N with tert-alkyl or cyclic N) is 1. The molecule has 0 unspecified atom stereocenters. The van der Waals surface area contributed by atoms with Crippen molar-refractivity contribution >= 4 is 5.91 Å². The molecular formula is C20H24N2O4. The highest BCUT2D eigenvalue weighted by atomic mass is 16.5. The maximum absolute atomic E-state index is 12.5. The number of likely N-dealkylation sites (tertiary alicyclic amines) is 1. The normalized spacial score (nSPS) is 20.0. The van der Waals surface area contributed by atoms with E-state index in [1.807, 2.05) is 31.2 Å². The maximum Gasteiger partial charge on any atom is 0.250 e. The van der Waals surface area contributed by atoms with E-state index in [1.54, 1.807) is 23.2 Å². The Morgan fingerprint density at radius 1 is 1.27 bits per heavy atom. The fraction of sp³-hybridized carbons (Fsp3) is 0.400. The van der Waals surface area contributed by atoms with E-state index in [-0.39, 0.29) is 31.2 Å². The van der Waals surface area contributed by atoms with Gasteiger partial charge < -0.3 is 19.3 Å². The molecule has 6 heteroatoms. The highest BCUT2D eigenvalue weighted by Crippen LogP contribution is 2.23. The van der Waals surface area contributed by atoms with Crippen LogP contribution in [0.2, 0.25) is 0 Å². The maximum atomic E-state index is 12.5. The fourth-order valence-corrected chi connectivity index (χ4v) is 3.20. The van der Waals surface area contributed by atoms with E-state index >= 15 is 0 Å². The van der Waals surface area contributed by atoms with Gasteiger partial charge in [0.15, 0.2) is 0 Å². The standard InChI is InChI=1S/C20H24N2O4/c1-16-6-4-7-17(12-16)26-15-20(25)9-5-11-22(14-20)19(24)13-21-10-3-2-8-18(21)23/h2-4,6-8,10,12,25H,5,9,11,13-15H2,1H3/t20-/m1/s1. The second-order valence-electron chi connectivity index (χ2n) is 6.92. The summed E-state index contributed by atoms with van der Waals surface area (Å²) in [5.74, 6) is 0.532. The summed E-state index contributed by atoms with van der Waals surface area (Å²) in [6.45, 7) is 2.88. The monoisotopic (exact) mass is 356 g/mol. The predicted octanol–water partition coefficient (Wildman–Crippen LogP) is 1.59. The van der Waals surface area contributed by atoms with Crippen LogP contribution in [0, 0.1) is 6.92 Å². The summed E-state index contributed by atoms with van der Waals surface area (Å²) in [5.41, 5.74) is -0.210. The van der Waals surface area contributed by atoms with Crippen molar-refractivity contribution in [3.05, 3.63) is 64.6 Å². The first-order chi connectivity index (χ1) is 12.5. The number of amides is 1. The average molecular weight is 356 g/mol. The number of piperidine rings is 1. The second-order valence-corrected chi connectivity index (χ2v) is 6.92. The summed E-state index contributed by atoms with van der Waals surface area (Å²) in [6.07, 6.45) is 2.87. The molecule has 6 nitrogen and oxygen atoms in total. The van der Waals surface area contributed by atoms with Crippen LogP contribution in [0.15, 0.2) is 53.5 Å². The molecule has 1 aliphatic rings. The number of aryl methyl sites for hydroxylation is 1. The third-order valence-corrected chi connectivity index (χ3v) is 4.61. The quantitative estimate of drug-likeness (QED) is 0.883. The number of carbonyl (C=O) groups excluding carboxylic acids is 1. The van der Waals surface area contributed by atoms with Crippen LogP contribution < -0.4 is 10.3 Å². The number of aromatic nitrogens is 1. The third kappa shape index (κ3) is 4.52. The van der Waals surface area contributed by atoms with Gasteiger partial charge in [0.1, 0.15) is 24.5 Å². The molecule has 1 atom stereocenters. The minimum absolute atomic E-state index is 0.0194. The summed E-state index contributed by atoms with van der Waals surface area (Å²) in [7, 11) is 0. The van der Waals surface area contributed by atoms with Crippen molar-refractivity contribution in [2.24, 2.45) is 0 Å². The molecule has 0 bridgehead atoms. The molecule has 1 aliphatic heterocycles. The van der Waals surface area contributed by atoms with Gasteiger partial charge in [-0.25, -0.2) is 0 Å². The lowest BCUT2D eigenvalue weighted by atomic mass is 9.93. The van der Waals surface area contributed by atoms with Crippen molar-refractivity contribution in [2.45, 2.75) is 31.9 Å². The highest BCUT2D eigenvalue weighted by molar-refractivity contribution is 5.76. The van der Waals surface area contributed by atoms with Crippen LogP contribution in [-0.4, -0.2) is 45.8 Å². The molecule has 138 valence electrons. The predicted molar refractivity (Wildman–Crippen MR) is 98.1 cm³/mol. The number of nitrogens with zero attached hydrogens (tertiary/aromatic N) is 2.